The fraction of sp³-hybridized carbons (Fsp3) is 0. The molecule has 0 rings (SSSR count). The van der Waals surface area contributed by atoms with Gasteiger partial charge in [0.15, 0.2) is 0 Å². The van der Waals surface area contributed by atoms with E-state index in [2.05, 4.69) is 0 Å². The van der Waals surface area contributed by atoms with Gasteiger partial charge in [0, 0.05) is 0 Å². The summed E-state index contributed by atoms with van der Waals surface area (Å²) >= 11 is 0. The van der Waals surface area contributed by atoms with Gasteiger partial charge < -0.3 is 23.3 Å². The van der Waals surface area contributed by atoms with Gasteiger partial charge in [-0.3, -0.25) is 0 Å². The van der Waals surface area contributed by atoms with Crippen LogP contribution < -0.4 is 14.7 Å². The van der Waals surface area contributed by atoms with E-state index in [9.17, 15) is 0 Å². The minimum atomic E-state index is -3.37. The smallest absolute Gasteiger partial charge is 0.854 e. The normalized spacial score (nSPS) is 7.20. The van der Waals surface area contributed by atoms with Gasteiger partial charge >= 0.3 is 37.3 Å². The standard InChI is InChI=1S/Er.O3P/c;1-4(2)3/q+3;-3. The topological polar surface area (TPSA) is 69.2 Å². The van der Waals surface area contributed by atoms with Crippen molar-refractivity contribution in [3.8, 4) is 0 Å². The molecule has 0 fully saturated rings. The van der Waals surface area contributed by atoms with Crippen molar-refractivity contribution in [3.63, 3.8) is 0 Å². The van der Waals surface area contributed by atoms with Crippen molar-refractivity contribution in [3.05, 3.63) is 0 Å². The molecular weight excluding hydrogens is 246 g/mol. The summed E-state index contributed by atoms with van der Waals surface area (Å²) in [5, 5.41) is 0. The van der Waals surface area contributed by atoms with Gasteiger partial charge in [-0.05, 0) is 0 Å². The monoisotopic (exact) mass is 245 g/mol. The number of hydrogen-bond acceptors (Lipinski definition) is 3. The average Bonchev–Trinajstić information content (AvgIpc) is 0.811. The van der Waals surface area contributed by atoms with Crippen LogP contribution in [-0.4, -0.2) is 0 Å². The van der Waals surface area contributed by atoms with Crippen molar-refractivity contribution in [1.82, 2.24) is 0 Å². The van der Waals surface area contributed by atoms with E-state index >= 15 is 0 Å². The molecule has 5 heavy (non-hydrogen) atoms. The zero-order valence-corrected chi connectivity index (χ0v) is 4.71. The van der Waals surface area contributed by atoms with Crippen molar-refractivity contribution in [1.29, 1.82) is 0 Å². The summed E-state index contributed by atoms with van der Waals surface area (Å²) in [6.07, 6.45) is 0. The first kappa shape index (κ1) is 9.75. The first-order valence-electron chi connectivity index (χ1n) is 0.548. The Hall–Kier alpha value is 1.56. The van der Waals surface area contributed by atoms with Crippen LogP contribution in [0.3, 0.4) is 0 Å². The second-order valence-electron chi connectivity index (χ2n) is 0.224. The maximum Gasteiger partial charge on any atom is 3.00 e. The van der Waals surface area contributed by atoms with Crippen LogP contribution in [0.5, 0.6) is 0 Å². The van der Waals surface area contributed by atoms with Gasteiger partial charge in [-0.15, -0.1) is 0 Å². The zero-order valence-electron chi connectivity index (χ0n) is 1.96. The third kappa shape index (κ3) is 29.0. The second-order valence-corrected chi connectivity index (χ2v) is 0.671. The van der Waals surface area contributed by atoms with Crippen molar-refractivity contribution >= 4 is 8.60 Å². The van der Waals surface area contributed by atoms with E-state index in [4.69, 9.17) is 14.7 Å². The van der Waals surface area contributed by atoms with Crippen LogP contribution >= 0.6 is 8.60 Å². The molecule has 0 bridgehead atoms. The summed E-state index contributed by atoms with van der Waals surface area (Å²) in [5.41, 5.74) is 0. The second kappa shape index (κ2) is 5.56. The quantitative estimate of drug-likeness (QED) is 0.437. The van der Waals surface area contributed by atoms with Gasteiger partial charge in [0.05, 0.1) is 0 Å². The van der Waals surface area contributed by atoms with E-state index in [0.717, 1.165) is 0 Å². The summed E-state index contributed by atoms with van der Waals surface area (Å²) in [7, 11) is -3.37. The van der Waals surface area contributed by atoms with Crippen LogP contribution in [0.25, 0.3) is 0 Å². The van der Waals surface area contributed by atoms with Crippen molar-refractivity contribution in [2.45, 2.75) is 0 Å². The molecule has 0 aromatic rings. The molecule has 0 unspecified atom stereocenters. The molecule has 0 atom stereocenters. The molecule has 0 saturated heterocycles. The largest absolute Gasteiger partial charge is 3.00 e. The molecular formula is ErO3P. The van der Waals surface area contributed by atoms with E-state index < -0.39 is 8.60 Å². The third-order valence-electron chi connectivity index (χ3n) is 0. The van der Waals surface area contributed by atoms with Crippen LogP contribution in [0.1, 0.15) is 0 Å². The van der Waals surface area contributed by atoms with Crippen LogP contribution in [0, 0.1) is 37.3 Å². The predicted octanol–water partition coefficient (Wildman–Crippen LogP) is -2.71. The van der Waals surface area contributed by atoms with Gasteiger partial charge in [0.2, 0.25) is 0 Å². The number of rotatable bonds is 0. The first-order chi connectivity index (χ1) is 1.73. The molecule has 35 valence electrons. The summed E-state index contributed by atoms with van der Waals surface area (Å²) in [5.74, 6) is 0. The van der Waals surface area contributed by atoms with Crippen molar-refractivity contribution in [2.24, 2.45) is 0 Å². The van der Waals surface area contributed by atoms with Gasteiger partial charge in [0.25, 0.3) is 0 Å². The average molecular weight is 246 g/mol. The van der Waals surface area contributed by atoms with Crippen molar-refractivity contribution in [2.75, 3.05) is 0 Å². The zero-order chi connectivity index (χ0) is 3.58. The summed E-state index contributed by atoms with van der Waals surface area (Å²) in [4.78, 5) is 25.4. The Morgan fingerprint density at radius 2 is 1.00 bits per heavy atom. The molecule has 0 aliphatic heterocycles. The van der Waals surface area contributed by atoms with Gasteiger partial charge in [-0.2, -0.15) is 0 Å². The molecule has 0 aromatic carbocycles. The van der Waals surface area contributed by atoms with Crippen LogP contribution in [0.2, 0.25) is 0 Å². The summed E-state index contributed by atoms with van der Waals surface area (Å²) in [6.45, 7) is 0. The van der Waals surface area contributed by atoms with Crippen LogP contribution in [-0.2, 0) is 0 Å². The molecule has 0 aromatic heterocycles. The maximum atomic E-state index is 8.48. The summed E-state index contributed by atoms with van der Waals surface area (Å²) in [6, 6.07) is 0. The Balaban J connectivity index is 0. The van der Waals surface area contributed by atoms with E-state index in [1.807, 2.05) is 0 Å². The predicted molar refractivity (Wildman–Crippen MR) is 6.92 cm³/mol. The van der Waals surface area contributed by atoms with Gasteiger partial charge in [0.1, 0.15) is 0 Å². The molecule has 0 spiro atoms. The maximum absolute atomic E-state index is 8.48. The van der Waals surface area contributed by atoms with Gasteiger partial charge in [-0.1, -0.05) is 0 Å². The molecule has 0 amide bonds. The van der Waals surface area contributed by atoms with Gasteiger partial charge in [-0.25, -0.2) is 0 Å². The number of hydrogen-bond donors (Lipinski definition) is 0. The Kier molecular flexibility index (Phi) is 10.8. The third-order valence-corrected chi connectivity index (χ3v) is 0. The Morgan fingerprint density at radius 3 is 1.00 bits per heavy atom. The van der Waals surface area contributed by atoms with Crippen LogP contribution in [0.15, 0.2) is 0 Å². The van der Waals surface area contributed by atoms with E-state index in [0.29, 0.717) is 0 Å². The molecule has 0 saturated carbocycles. The van der Waals surface area contributed by atoms with E-state index in [1.54, 1.807) is 0 Å². The Bertz CT molecular complexity index is 11.6. The molecule has 0 aliphatic rings. The Morgan fingerprint density at radius 1 is 1.00 bits per heavy atom. The van der Waals surface area contributed by atoms with E-state index in [-0.39, 0.29) is 37.3 Å². The Labute approximate surface area is 60.2 Å². The molecule has 0 N–H and O–H groups in total. The first-order valence-corrected chi connectivity index (χ1v) is 1.64. The van der Waals surface area contributed by atoms with Crippen LogP contribution in [0.4, 0.5) is 0 Å². The molecule has 3 nitrogen and oxygen atoms in total. The molecule has 0 aliphatic carbocycles. The van der Waals surface area contributed by atoms with Crippen molar-refractivity contribution < 1.29 is 52.0 Å². The molecule has 1 radical (unpaired) electrons. The summed E-state index contributed by atoms with van der Waals surface area (Å²) < 4.78 is 0. The fourth-order valence-electron chi connectivity index (χ4n) is 0. The minimum Gasteiger partial charge on any atom is -0.854 e. The van der Waals surface area contributed by atoms with E-state index in [1.165, 1.54) is 0 Å². The molecule has 5 heteroatoms. The minimum absolute atomic E-state index is 0. The molecule has 0 heterocycles. The fourth-order valence-corrected chi connectivity index (χ4v) is 0. The SMILES string of the molecule is [Er+3].[O-]P([O-])[O-].